The summed E-state index contributed by atoms with van der Waals surface area (Å²) in [5.74, 6) is -1.77. The lowest BCUT2D eigenvalue weighted by atomic mass is 9.89. The highest BCUT2D eigenvalue weighted by Crippen LogP contribution is 2.48. The predicted molar refractivity (Wildman–Crippen MR) is 104 cm³/mol. The molecule has 3 nitrogen and oxygen atoms in total. The second-order valence-electron chi connectivity index (χ2n) is 8.33. The predicted octanol–water partition coefficient (Wildman–Crippen LogP) is 6.26. The highest BCUT2D eigenvalue weighted by atomic mass is 19.4. The minimum absolute atomic E-state index is 0.0298. The van der Waals surface area contributed by atoms with Crippen LogP contribution < -0.4 is 10.2 Å². The zero-order valence-electron chi connectivity index (χ0n) is 17.0. The summed E-state index contributed by atoms with van der Waals surface area (Å²) in [5, 5.41) is 1.71. The number of anilines is 2. The molecule has 178 valence electrons. The fraction of sp³-hybridized carbons (Fsp3) is 0.409. The van der Waals surface area contributed by atoms with Crippen LogP contribution in [0.2, 0.25) is 0 Å². The van der Waals surface area contributed by atoms with E-state index in [2.05, 4.69) is 0 Å². The molecule has 1 aliphatic heterocycles. The largest absolute Gasteiger partial charge is 0.418 e. The van der Waals surface area contributed by atoms with Crippen LogP contribution in [-0.2, 0) is 30.1 Å². The summed E-state index contributed by atoms with van der Waals surface area (Å²) in [6, 6.07) is 5.65. The second-order valence-corrected chi connectivity index (χ2v) is 8.33. The van der Waals surface area contributed by atoms with Crippen LogP contribution in [0.15, 0.2) is 30.3 Å². The Morgan fingerprint density at radius 2 is 1.67 bits per heavy atom. The maximum Gasteiger partial charge on any atom is 0.418 e. The zero-order valence-corrected chi connectivity index (χ0v) is 17.0. The van der Waals surface area contributed by atoms with Gasteiger partial charge in [-0.2, -0.15) is 26.3 Å². The third-order valence-corrected chi connectivity index (χ3v) is 5.84. The molecule has 1 N–H and O–H groups in total. The molecule has 2 aliphatic rings. The number of rotatable bonds is 4. The first-order valence-corrected chi connectivity index (χ1v) is 10.1. The van der Waals surface area contributed by atoms with Gasteiger partial charge in [-0.1, -0.05) is 0 Å². The highest BCUT2D eigenvalue weighted by Gasteiger charge is 2.47. The molecule has 0 spiro atoms. The van der Waals surface area contributed by atoms with Crippen LogP contribution in [0.4, 0.5) is 46.5 Å². The number of nitrogens with zero attached hydrogens (tertiary/aromatic N) is 1. The van der Waals surface area contributed by atoms with Crippen molar-refractivity contribution >= 4 is 17.3 Å². The molecule has 0 radical (unpaired) electrons. The number of amides is 1. The number of carbonyl (C=O) groups is 1. The number of halogens is 8. The lowest BCUT2D eigenvalue weighted by Crippen LogP contribution is -2.33. The summed E-state index contributed by atoms with van der Waals surface area (Å²) in [6.07, 6.45) is -11.4. The summed E-state index contributed by atoms with van der Waals surface area (Å²) in [7, 11) is 0. The van der Waals surface area contributed by atoms with E-state index in [-0.39, 0.29) is 43.5 Å². The highest BCUT2D eigenvalue weighted by molar-refractivity contribution is 5.94. The Morgan fingerprint density at radius 3 is 2.21 bits per heavy atom. The van der Waals surface area contributed by atoms with E-state index in [4.69, 9.17) is 0 Å². The van der Waals surface area contributed by atoms with Crippen molar-refractivity contribution in [2.24, 2.45) is 0 Å². The molecule has 33 heavy (non-hydrogen) atoms. The molecule has 0 bridgehead atoms. The molecule has 2 aromatic rings. The first-order chi connectivity index (χ1) is 15.3. The first kappa shape index (κ1) is 23.3. The van der Waals surface area contributed by atoms with Crippen LogP contribution >= 0.6 is 0 Å². The lowest BCUT2D eigenvalue weighted by molar-refractivity contribution is -0.142. The molecule has 2 aromatic carbocycles. The topological polar surface area (TPSA) is 32.3 Å². The van der Waals surface area contributed by atoms with Crippen LogP contribution in [0.3, 0.4) is 0 Å². The maximum atomic E-state index is 14.0. The average molecular weight is 478 g/mol. The summed E-state index contributed by atoms with van der Waals surface area (Å²) in [6.45, 7) is -0.233. The molecule has 4 rings (SSSR count). The third-order valence-electron chi connectivity index (χ3n) is 5.84. The summed E-state index contributed by atoms with van der Waals surface area (Å²) >= 11 is 0. The fourth-order valence-corrected chi connectivity index (χ4v) is 4.06. The van der Waals surface area contributed by atoms with Crippen molar-refractivity contribution in [3.8, 4) is 0 Å². The molecular formula is C22H18F8N2O. The van der Waals surface area contributed by atoms with Crippen molar-refractivity contribution in [3.05, 3.63) is 58.4 Å². The van der Waals surface area contributed by atoms with E-state index in [0.29, 0.717) is 11.8 Å². The van der Waals surface area contributed by atoms with Crippen LogP contribution in [-0.4, -0.2) is 18.1 Å². The van der Waals surface area contributed by atoms with Crippen molar-refractivity contribution in [2.45, 2.75) is 50.2 Å². The van der Waals surface area contributed by atoms with Crippen LogP contribution in [0, 0.1) is 5.82 Å². The van der Waals surface area contributed by atoms with Crippen molar-refractivity contribution in [2.75, 3.05) is 16.8 Å². The number of alkyl halides is 7. The molecule has 0 atom stereocenters. The molecule has 0 unspecified atom stereocenters. The lowest BCUT2D eigenvalue weighted by Gasteiger charge is -2.34. The van der Waals surface area contributed by atoms with Gasteiger partial charge in [-0.15, -0.1) is 0 Å². The van der Waals surface area contributed by atoms with Crippen molar-refractivity contribution in [3.63, 3.8) is 0 Å². The van der Waals surface area contributed by atoms with Gasteiger partial charge in [-0.3, -0.25) is 4.79 Å². The smallest absolute Gasteiger partial charge is 0.367 e. The van der Waals surface area contributed by atoms with Gasteiger partial charge in [0.15, 0.2) is 0 Å². The van der Waals surface area contributed by atoms with Crippen molar-refractivity contribution in [1.29, 1.82) is 0 Å². The Labute approximate surface area is 183 Å². The summed E-state index contributed by atoms with van der Waals surface area (Å²) in [5.41, 5.74) is -6.60. The van der Waals surface area contributed by atoms with E-state index in [0.717, 1.165) is 12.1 Å². The van der Waals surface area contributed by atoms with Crippen LogP contribution in [0.1, 0.15) is 41.5 Å². The first-order valence-electron chi connectivity index (χ1n) is 10.1. The fourth-order valence-electron chi connectivity index (χ4n) is 4.06. The number of hydrogen-bond donors (Lipinski definition) is 1. The quantitative estimate of drug-likeness (QED) is 0.527. The van der Waals surface area contributed by atoms with Crippen LogP contribution in [0.5, 0.6) is 0 Å². The monoisotopic (exact) mass is 478 g/mol. The molecule has 1 amide bonds. The number of fused-ring (bicyclic) bond motifs is 1. The average Bonchev–Trinajstić information content (AvgIpc) is 3.42. The summed E-state index contributed by atoms with van der Waals surface area (Å²) < 4.78 is 111. The third kappa shape index (κ3) is 4.91. The van der Waals surface area contributed by atoms with Gasteiger partial charge in [0.25, 0.3) is 0 Å². The Morgan fingerprint density at radius 1 is 1.03 bits per heavy atom. The SMILES string of the molecule is O=C(CC1(F)CC1)Nc1c(C(F)(F)F)cc2c(c1C(F)(F)F)CCN(c1ccc(F)cc1)C2. The molecule has 0 saturated heterocycles. The minimum atomic E-state index is -5.21. The molecule has 0 aromatic heterocycles. The van der Waals surface area contributed by atoms with Gasteiger partial charge in [0.2, 0.25) is 5.91 Å². The maximum absolute atomic E-state index is 14.0. The Kier molecular flexibility index (Phi) is 5.57. The van der Waals surface area contributed by atoms with E-state index in [9.17, 15) is 39.9 Å². The van der Waals surface area contributed by atoms with Crippen LogP contribution in [0.25, 0.3) is 0 Å². The van der Waals surface area contributed by atoms with Gasteiger partial charge in [0, 0.05) is 18.8 Å². The van der Waals surface area contributed by atoms with Gasteiger partial charge in [0.05, 0.1) is 23.2 Å². The van der Waals surface area contributed by atoms with E-state index >= 15 is 0 Å². The number of benzene rings is 2. The number of nitrogens with one attached hydrogen (secondary N) is 1. The van der Waals surface area contributed by atoms with E-state index < -0.39 is 53.0 Å². The molecule has 1 aliphatic carbocycles. The normalized spacial score (nSPS) is 17.5. The molecule has 11 heteroatoms. The van der Waals surface area contributed by atoms with E-state index in [1.54, 1.807) is 10.2 Å². The van der Waals surface area contributed by atoms with Gasteiger partial charge in [-0.05, 0) is 60.7 Å². The molecule has 1 saturated carbocycles. The zero-order chi connectivity index (χ0) is 24.2. The molecular weight excluding hydrogens is 460 g/mol. The second kappa shape index (κ2) is 7.88. The minimum Gasteiger partial charge on any atom is -0.367 e. The molecule has 1 fully saturated rings. The van der Waals surface area contributed by atoms with E-state index in [1.807, 2.05) is 0 Å². The van der Waals surface area contributed by atoms with Crippen molar-refractivity contribution < 1.29 is 39.9 Å². The van der Waals surface area contributed by atoms with Gasteiger partial charge < -0.3 is 10.2 Å². The molecule has 1 heterocycles. The summed E-state index contributed by atoms with van der Waals surface area (Å²) in [4.78, 5) is 13.7. The Balaban J connectivity index is 1.79. The van der Waals surface area contributed by atoms with Gasteiger partial charge in [0.1, 0.15) is 11.5 Å². The van der Waals surface area contributed by atoms with Gasteiger partial charge >= 0.3 is 12.4 Å². The van der Waals surface area contributed by atoms with Crippen molar-refractivity contribution in [1.82, 2.24) is 0 Å². The standard InChI is InChI=1S/C22H18F8N2O/c23-13-1-3-14(4-2-13)32-8-5-15-12(11-32)9-16(21(25,26)27)19(18(15)22(28,29)30)31-17(33)10-20(24)6-7-20/h1-4,9H,5-8,10-11H2,(H,31,33). The Hall–Kier alpha value is -2.85. The number of carbonyl (C=O) groups excluding carboxylic acids is 1. The van der Waals surface area contributed by atoms with E-state index in [1.165, 1.54) is 12.1 Å². The number of hydrogen-bond acceptors (Lipinski definition) is 2. The Bertz CT molecular complexity index is 1070. The van der Waals surface area contributed by atoms with Gasteiger partial charge in [-0.25, -0.2) is 8.78 Å².